The fourth-order valence-corrected chi connectivity index (χ4v) is 5.59. The van der Waals surface area contributed by atoms with Crippen molar-refractivity contribution < 1.29 is 4.39 Å². The third-order valence-corrected chi connectivity index (χ3v) is 7.49. The van der Waals surface area contributed by atoms with Gasteiger partial charge in [-0.1, -0.05) is 19.4 Å². The lowest BCUT2D eigenvalue weighted by molar-refractivity contribution is 0.273. The van der Waals surface area contributed by atoms with Gasteiger partial charge in [0.25, 0.3) is 0 Å². The van der Waals surface area contributed by atoms with Crippen molar-refractivity contribution in [2.45, 2.75) is 77.0 Å². The molecule has 1 aromatic carbocycles. The number of H-pyrrole nitrogens is 1. The zero-order valence-corrected chi connectivity index (χ0v) is 19.8. The Morgan fingerprint density at radius 1 is 1.13 bits per heavy atom. The molecule has 0 saturated heterocycles. The standard InChI is InChI=1S/C26H41FN4/c1-18(22(6-5-16-28-3)24-15-17-30-31-24)7-9-20-10-12-21(13-11-20)25-23(27)14-8-19(2)26(25)29-4/h8,14-15,17-18,20-22,28-29H,5-7,9-13,16H2,1-4H3,(H,30,31). The maximum Gasteiger partial charge on any atom is 0.128 e. The highest BCUT2D eigenvalue weighted by atomic mass is 19.1. The number of benzene rings is 1. The van der Waals surface area contributed by atoms with Crippen LogP contribution >= 0.6 is 0 Å². The number of aromatic nitrogens is 2. The molecule has 2 atom stereocenters. The van der Waals surface area contributed by atoms with Crippen molar-refractivity contribution in [3.63, 3.8) is 0 Å². The molecule has 1 aliphatic rings. The van der Waals surface area contributed by atoms with E-state index in [-0.39, 0.29) is 5.82 Å². The Morgan fingerprint density at radius 3 is 2.55 bits per heavy atom. The van der Waals surface area contributed by atoms with Crippen molar-refractivity contribution >= 4 is 5.69 Å². The van der Waals surface area contributed by atoms with E-state index < -0.39 is 0 Å². The number of rotatable bonds is 11. The molecule has 31 heavy (non-hydrogen) atoms. The van der Waals surface area contributed by atoms with Crippen LogP contribution in [0, 0.1) is 24.6 Å². The second-order valence-electron chi connectivity index (χ2n) is 9.54. The lowest BCUT2D eigenvalue weighted by atomic mass is 9.74. The molecule has 0 aliphatic heterocycles. The Balaban J connectivity index is 1.53. The summed E-state index contributed by atoms with van der Waals surface area (Å²) in [4.78, 5) is 0. The minimum absolute atomic E-state index is 0.0454. The van der Waals surface area contributed by atoms with E-state index in [1.165, 1.54) is 44.2 Å². The van der Waals surface area contributed by atoms with Gasteiger partial charge in [-0.3, -0.25) is 5.10 Å². The Kier molecular flexibility index (Phi) is 8.94. The van der Waals surface area contributed by atoms with Gasteiger partial charge in [0, 0.05) is 36.1 Å². The van der Waals surface area contributed by atoms with Crippen LogP contribution < -0.4 is 10.6 Å². The summed E-state index contributed by atoms with van der Waals surface area (Å²) >= 11 is 0. The van der Waals surface area contributed by atoms with Gasteiger partial charge in [-0.05, 0) is 101 Å². The summed E-state index contributed by atoms with van der Waals surface area (Å²) in [5.41, 5.74) is 4.33. The van der Waals surface area contributed by atoms with Crippen LogP contribution in [0.15, 0.2) is 24.4 Å². The highest BCUT2D eigenvalue weighted by Gasteiger charge is 2.28. The SMILES string of the molecule is CNCCCC(c1ccn[nH]1)C(C)CCC1CCC(c2c(F)ccc(C)c2NC)CC1. The van der Waals surface area contributed by atoms with E-state index in [1.54, 1.807) is 6.07 Å². The number of aryl methyl sites for hydroxylation is 1. The molecule has 172 valence electrons. The molecule has 4 nitrogen and oxygen atoms in total. The van der Waals surface area contributed by atoms with E-state index in [9.17, 15) is 4.39 Å². The topological polar surface area (TPSA) is 52.7 Å². The fourth-order valence-electron chi connectivity index (χ4n) is 5.59. The number of aromatic amines is 1. The Labute approximate surface area is 187 Å². The molecule has 1 aliphatic carbocycles. The quantitative estimate of drug-likeness (QED) is 0.364. The number of hydrogen-bond acceptors (Lipinski definition) is 3. The molecular weight excluding hydrogens is 387 g/mol. The molecule has 2 aromatic rings. The summed E-state index contributed by atoms with van der Waals surface area (Å²) in [5, 5.41) is 13.9. The third kappa shape index (κ3) is 6.09. The first-order valence-electron chi connectivity index (χ1n) is 12.2. The van der Waals surface area contributed by atoms with Gasteiger partial charge in [0.15, 0.2) is 0 Å². The fraction of sp³-hybridized carbons (Fsp3) is 0.654. The summed E-state index contributed by atoms with van der Waals surface area (Å²) in [7, 11) is 3.93. The molecule has 2 unspecified atom stereocenters. The van der Waals surface area contributed by atoms with Crippen molar-refractivity contribution in [1.82, 2.24) is 15.5 Å². The van der Waals surface area contributed by atoms with E-state index in [1.807, 2.05) is 26.4 Å². The van der Waals surface area contributed by atoms with Crippen molar-refractivity contribution in [3.05, 3.63) is 47.0 Å². The number of hydrogen-bond donors (Lipinski definition) is 3. The van der Waals surface area contributed by atoms with Crippen molar-refractivity contribution in [2.75, 3.05) is 26.0 Å². The number of anilines is 1. The molecule has 0 spiro atoms. The van der Waals surface area contributed by atoms with Gasteiger partial charge in [-0.2, -0.15) is 5.10 Å². The highest BCUT2D eigenvalue weighted by molar-refractivity contribution is 5.58. The first-order chi connectivity index (χ1) is 15.0. The molecular formula is C26H41FN4. The minimum atomic E-state index is -0.0454. The van der Waals surface area contributed by atoms with Gasteiger partial charge >= 0.3 is 0 Å². The molecule has 3 rings (SSSR count). The largest absolute Gasteiger partial charge is 0.388 e. The zero-order valence-electron chi connectivity index (χ0n) is 19.8. The monoisotopic (exact) mass is 428 g/mol. The molecule has 0 amide bonds. The highest BCUT2D eigenvalue weighted by Crippen LogP contribution is 2.43. The average Bonchev–Trinajstić information content (AvgIpc) is 3.31. The van der Waals surface area contributed by atoms with Crippen LogP contribution in [0.1, 0.15) is 86.9 Å². The maximum absolute atomic E-state index is 14.7. The molecule has 0 bridgehead atoms. The van der Waals surface area contributed by atoms with E-state index in [2.05, 4.69) is 40.7 Å². The van der Waals surface area contributed by atoms with Gasteiger partial charge in [0.1, 0.15) is 5.82 Å². The second-order valence-corrected chi connectivity index (χ2v) is 9.54. The second kappa shape index (κ2) is 11.7. The number of nitrogens with one attached hydrogen (secondary N) is 3. The Morgan fingerprint density at radius 2 is 1.90 bits per heavy atom. The van der Waals surface area contributed by atoms with E-state index in [4.69, 9.17) is 0 Å². The molecule has 1 heterocycles. The molecule has 1 saturated carbocycles. The van der Waals surface area contributed by atoms with Gasteiger partial charge < -0.3 is 10.6 Å². The van der Waals surface area contributed by atoms with Gasteiger partial charge in [-0.25, -0.2) is 4.39 Å². The summed E-state index contributed by atoms with van der Waals surface area (Å²) < 4.78 is 14.7. The third-order valence-electron chi connectivity index (χ3n) is 7.49. The lowest BCUT2D eigenvalue weighted by Crippen LogP contribution is -2.18. The van der Waals surface area contributed by atoms with Crippen molar-refractivity contribution in [1.29, 1.82) is 0 Å². The van der Waals surface area contributed by atoms with Crippen LogP contribution in [-0.2, 0) is 0 Å². The van der Waals surface area contributed by atoms with Gasteiger partial charge in [-0.15, -0.1) is 0 Å². The van der Waals surface area contributed by atoms with E-state index >= 15 is 0 Å². The minimum Gasteiger partial charge on any atom is -0.388 e. The van der Waals surface area contributed by atoms with E-state index in [0.29, 0.717) is 17.8 Å². The summed E-state index contributed by atoms with van der Waals surface area (Å²) in [5.74, 6) is 2.25. The smallest absolute Gasteiger partial charge is 0.128 e. The molecule has 0 radical (unpaired) electrons. The van der Waals surface area contributed by atoms with Crippen molar-refractivity contribution in [2.24, 2.45) is 11.8 Å². The van der Waals surface area contributed by atoms with Gasteiger partial charge in [0.2, 0.25) is 0 Å². The summed E-state index contributed by atoms with van der Waals surface area (Å²) in [6, 6.07) is 5.66. The zero-order chi connectivity index (χ0) is 22.2. The van der Waals surface area contributed by atoms with Gasteiger partial charge in [0.05, 0.1) is 0 Å². The van der Waals surface area contributed by atoms with Crippen LogP contribution in [0.5, 0.6) is 0 Å². The number of halogens is 1. The van der Waals surface area contributed by atoms with E-state index in [0.717, 1.165) is 42.1 Å². The Bertz CT molecular complexity index is 781. The van der Waals surface area contributed by atoms with Crippen molar-refractivity contribution in [3.8, 4) is 0 Å². The average molecular weight is 429 g/mol. The van der Waals surface area contributed by atoms with Crippen LogP contribution in [-0.4, -0.2) is 30.8 Å². The molecule has 1 fully saturated rings. The molecule has 1 aromatic heterocycles. The first-order valence-corrected chi connectivity index (χ1v) is 12.2. The van der Waals surface area contributed by atoms with Crippen LogP contribution in [0.25, 0.3) is 0 Å². The maximum atomic E-state index is 14.7. The molecule has 3 N–H and O–H groups in total. The normalized spacial score (nSPS) is 21.1. The molecule has 5 heteroatoms. The number of nitrogens with zero attached hydrogens (tertiary/aromatic N) is 1. The van der Waals surface area contributed by atoms with Crippen LogP contribution in [0.3, 0.4) is 0 Å². The van der Waals surface area contributed by atoms with Crippen LogP contribution in [0.2, 0.25) is 0 Å². The predicted octanol–water partition coefficient (Wildman–Crippen LogP) is 6.37. The summed E-state index contributed by atoms with van der Waals surface area (Å²) in [6.07, 6.45) is 11.4. The predicted molar refractivity (Wildman–Crippen MR) is 128 cm³/mol. The lowest BCUT2D eigenvalue weighted by Gasteiger charge is -2.32. The van der Waals surface area contributed by atoms with Crippen LogP contribution in [0.4, 0.5) is 10.1 Å². The summed E-state index contributed by atoms with van der Waals surface area (Å²) in [6.45, 7) is 5.53. The first kappa shape index (κ1) is 23.8. The Hall–Kier alpha value is -1.88.